The first kappa shape index (κ1) is 13.5. The van der Waals surface area contributed by atoms with Crippen LogP contribution in [0.3, 0.4) is 0 Å². The Kier molecular flexibility index (Phi) is 4.72. The van der Waals surface area contributed by atoms with Gasteiger partial charge in [-0.2, -0.15) is 0 Å². The molecule has 100 valence electrons. The molecular formula is C15H25N3. The molecule has 2 heterocycles. The zero-order valence-electron chi connectivity index (χ0n) is 11.8. The van der Waals surface area contributed by atoms with Crippen LogP contribution < -0.4 is 5.32 Å². The lowest BCUT2D eigenvalue weighted by atomic mass is 9.93. The average molecular weight is 247 g/mol. The van der Waals surface area contributed by atoms with Gasteiger partial charge < -0.3 is 5.32 Å². The largest absolute Gasteiger partial charge is 0.314 e. The van der Waals surface area contributed by atoms with E-state index >= 15 is 0 Å². The third-order valence-electron chi connectivity index (χ3n) is 3.79. The first-order valence-electron chi connectivity index (χ1n) is 7.07. The van der Waals surface area contributed by atoms with Crippen molar-refractivity contribution >= 4 is 0 Å². The number of piperidine rings is 1. The number of likely N-dealkylation sites (tertiary alicyclic amines) is 1. The molecule has 2 atom stereocenters. The number of pyridine rings is 1. The van der Waals surface area contributed by atoms with E-state index in [-0.39, 0.29) is 0 Å². The predicted molar refractivity (Wildman–Crippen MR) is 75.5 cm³/mol. The van der Waals surface area contributed by atoms with E-state index in [1.807, 2.05) is 0 Å². The molecule has 1 aliphatic heterocycles. The van der Waals surface area contributed by atoms with Crippen molar-refractivity contribution < 1.29 is 0 Å². The smallest absolute Gasteiger partial charge is 0.0547 e. The Labute approximate surface area is 111 Å². The molecule has 0 bridgehead atoms. The maximum absolute atomic E-state index is 4.59. The van der Waals surface area contributed by atoms with Gasteiger partial charge in [-0.3, -0.25) is 9.88 Å². The van der Waals surface area contributed by atoms with Crippen LogP contribution in [0, 0.1) is 12.8 Å². The summed E-state index contributed by atoms with van der Waals surface area (Å²) >= 11 is 0. The van der Waals surface area contributed by atoms with Gasteiger partial charge in [0, 0.05) is 31.4 Å². The molecule has 1 aromatic heterocycles. The van der Waals surface area contributed by atoms with Crippen LogP contribution in [-0.4, -0.2) is 35.6 Å². The summed E-state index contributed by atoms with van der Waals surface area (Å²) in [4.78, 5) is 7.12. The molecule has 3 heteroatoms. The second-order valence-electron chi connectivity index (χ2n) is 5.44. The van der Waals surface area contributed by atoms with E-state index < -0.39 is 0 Å². The molecule has 0 spiro atoms. The zero-order chi connectivity index (χ0) is 13.0. The Morgan fingerprint density at radius 1 is 1.44 bits per heavy atom. The molecule has 0 aliphatic carbocycles. The zero-order valence-corrected chi connectivity index (χ0v) is 11.8. The molecule has 0 saturated carbocycles. The van der Waals surface area contributed by atoms with Crippen LogP contribution >= 0.6 is 0 Å². The molecule has 2 unspecified atom stereocenters. The van der Waals surface area contributed by atoms with Crippen molar-refractivity contribution in [1.82, 2.24) is 15.2 Å². The number of rotatable bonds is 4. The standard InChI is InChI=1S/C15H25N3/c1-4-16-15-8-9-18(10-12(15)2)11-14-7-5-6-13(3)17-14/h5-7,12,15-16H,4,8-11H2,1-3H3. The number of hydrogen-bond acceptors (Lipinski definition) is 3. The highest BCUT2D eigenvalue weighted by Gasteiger charge is 2.25. The molecule has 2 rings (SSSR count). The normalized spacial score (nSPS) is 25.3. The SMILES string of the molecule is CCNC1CCN(Cc2cccc(C)n2)CC1C. The van der Waals surface area contributed by atoms with Crippen LogP contribution in [0.5, 0.6) is 0 Å². The summed E-state index contributed by atoms with van der Waals surface area (Å²) in [6.07, 6.45) is 1.25. The van der Waals surface area contributed by atoms with Crippen molar-refractivity contribution in [1.29, 1.82) is 0 Å². The maximum atomic E-state index is 4.59. The van der Waals surface area contributed by atoms with Crippen molar-refractivity contribution in [3.05, 3.63) is 29.6 Å². The van der Waals surface area contributed by atoms with Crippen molar-refractivity contribution in [3.63, 3.8) is 0 Å². The Bertz CT molecular complexity index is 378. The van der Waals surface area contributed by atoms with Crippen LogP contribution in [-0.2, 0) is 6.54 Å². The van der Waals surface area contributed by atoms with Gasteiger partial charge in [-0.25, -0.2) is 0 Å². The molecule has 1 saturated heterocycles. The van der Waals surface area contributed by atoms with Gasteiger partial charge in [0.1, 0.15) is 0 Å². The number of aromatic nitrogens is 1. The fraction of sp³-hybridized carbons (Fsp3) is 0.667. The van der Waals surface area contributed by atoms with Gasteiger partial charge in [-0.05, 0) is 37.9 Å². The number of aryl methyl sites for hydroxylation is 1. The molecule has 1 aliphatic rings. The summed E-state index contributed by atoms with van der Waals surface area (Å²) in [5.41, 5.74) is 2.31. The minimum atomic E-state index is 0.691. The molecular weight excluding hydrogens is 222 g/mol. The van der Waals surface area contributed by atoms with E-state index in [2.05, 4.69) is 54.2 Å². The van der Waals surface area contributed by atoms with E-state index in [4.69, 9.17) is 0 Å². The minimum absolute atomic E-state index is 0.691. The maximum Gasteiger partial charge on any atom is 0.0547 e. The minimum Gasteiger partial charge on any atom is -0.314 e. The third kappa shape index (κ3) is 3.53. The van der Waals surface area contributed by atoms with E-state index in [1.165, 1.54) is 25.2 Å². The van der Waals surface area contributed by atoms with Gasteiger partial charge in [-0.15, -0.1) is 0 Å². The van der Waals surface area contributed by atoms with E-state index in [9.17, 15) is 0 Å². The quantitative estimate of drug-likeness (QED) is 0.884. The Morgan fingerprint density at radius 2 is 2.28 bits per heavy atom. The molecule has 3 nitrogen and oxygen atoms in total. The average Bonchev–Trinajstić information content (AvgIpc) is 2.33. The van der Waals surface area contributed by atoms with Crippen LogP contribution in [0.2, 0.25) is 0 Å². The van der Waals surface area contributed by atoms with E-state index in [0.717, 1.165) is 24.7 Å². The fourth-order valence-electron chi connectivity index (χ4n) is 2.86. The lowest BCUT2D eigenvalue weighted by Crippen LogP contribution is -2.47. The topological polar surface area (TPSA) is 28.2 Å². The highest BCUT2D eigenvalue weighted by Crippen LogP contribution is 2.18. The van der Waals surface area contributed by atoms with Gasteiger partial charge in [-0.1, -0.05) is 19.9 Å². The van der Waals surface area contributed by atoms with Gasteiger partial charge in [0.25, 0.3) is 0 Å². The van der Waals surface area contributed by atoms with Gasteiger partial charge in [0.2, 0.25) is 0 Å². The van der Waals surface area contributed by atoms with Gasteiger partial charge in [0.05, 0.1) is 5.69 Å². The lowest BCUT2D eigenvalue weighted by molar-refractivity contribution is 0.140. The summed E-state index contributed by atoms with van der Waals surface area (Å²) in [7, 11) is 0. The van der Waals surface area contributed by atoms with Crippen LogP contribution in [0.25, 0.3) is 0 Å². The molecule has 0 aromatic carbocycles. The summed E-state index contributed by atoms with van der Waals surface area (Å²) in [5.74, 6) is 0.725. The van der Waals surface area contributed by atoms with Crippen LogP contribution in [0.15, 0.2) is 18.2 Å². The predicted octanol–water partition coefficient (Wildman–Crippen LogP) is 2.21. The molecule has 0 amide bonds. The van der Waals surface area contributed by atoms with Crippen molar-refractivity contribution in [2.75, 3.05) is 19.6 Å². The number of nitrogens with one attached hydrogen (secondary N) is 1. The highest BCUT2D eigenvalue weighted by atomic mass is 15.2. The first-order valence-corrected chi connectivity index (χ1v) is 7.07. The number of hydrogen-bond donors (Lipinski definition) is 1. The molecule has 18 heavy (non-hydrogen) atoms. The van der Waals surface area contributed by atoms with Crippen LogP contribution in [0.4, 0.5) is 0 Å². The summed E-state index contributed by atoms with van der Waals surface area (Å²) in [5, 5.41) is 3.59. The molecule has 1 N–H and O–H groups in total. The first-order chi connectivity index (χ1) is 8.69. The Morgan fingerprint density at radius 3 is 2.94 bits per heavy atom. The Hall–Kier alpha value is -0.930. The molecule has 0 radical (unpaired) electrons. The van der Waals surface area contributed by atoms with Gasteiger partial charge >= 0.3 is 0 Å². The van der Waals surface area contributed by atoms with Gasteiger partial charge in [0.15, 0.2) is 0 Å². The van der Waals surface area contributed by atoms with Crippen molar-refractivity contribution in [2.24, 2.45) is 5.92 Å². The summed E-state index contributed by atoms with van der Waals surface area (Å²) < 4.78 is 0. The fourth-order valence-corrected chi connectivity index (χ4v) is 2.86. The second kappa shape index (κ2) is 6.30. The summed E-state index contributed by atoms with van der Waals surface area (Å²) in [6.45, 7) is 11.0. The van der Waals surface area contributed by atoms with E-state index in [0.29, 0.717) is 6.04 Å². The monoisotopic (exact) mass is 247 g/mol. The van der Waals surface area contributed by atoms with Crippen molar-refractivity contribution in [3.8, 4) is 0 Å². The van der Waals surface area contributed by atoms with E-state index in [1.54, 1.807) is 0 Å². The summed E-state index contributed by atoms with van der Waals surface area (Å²) in [6, 6.07) is 6.99. The third-order valence-corrected chi connectivity index (χ3v) is 3.79. The lowest BCUT2D eigenvalue weighted by Gasteiger charge is -2.37. The molecule has 1 aromatic rings. The Balaban J connectivity index is 1.89. The van der Waals surface area contributed by atoms with Crippen LogP contribution in [0.1, 0.15) is 31.7 Å². The second-order valence-corrected chi connectivity index (χ2v) is 5.44. The molecule has 1 fully saturated rings. The number of nitrogens with zero attached hydrogens (tertiary/aromatic N) is 2. The highest BCUT2D eigenvalue weighted by molar-refractivity contribution is 5.10. The van der Waals surface area contributed by atoms with Crippen molar-refractivity contribution in [2.45, 2.75) is 39.8 Å².